The van der Waals surface area contributed by atoms with Gasteiger partial charge in [0.25, 0.3) is 0 Å². The minimum atomic E-state index is -0.0271. The third-order valence-corrected chi connectivity index (χ3v) is 2.26. The highest BCUT2D eigenvalue weighted by atomic mass is 16.5. The topological polar surface area (TPSA) is 41.6 Å². The lowest BCUT2D eigenvalue weighted by molar-refractivity contribution is -0.124. The number of benzene rings is 1. The van der Waals surface area contributed by atoms with E-state index in [2.05, 4.69) is 5.43 Å². The average Bonchev–Trinajstić information content (AvgIpc) is 2.28. The smallest absolute Gasteiger partial charge is 0.241 e. The van der Waals surface area contributed by atoms with Gasteiger partial charge in [-0.15, -0.1) is 0 Å². The summed E-state index contributed by atoms with van der Waals surface area (Å²) in [6.45, 7) is 3.72. The summed E-state index contributed by atoms with van der Waals surface area (Å²) in [7, 11) is 3.43. The zero-order valence-electron chi connectivity index (χ0n) is 10.2. The van der Waals surface area contributed by atoms with E-state index in [1.54, 1.807) is 12.1 Å². The molecule has 1 N–H and O–H groups in total. The second kappa shape index (κ2) is 5.39. The Balaban J connectivity index is 2.65. The Morgan fingerprint density at radius 1 is 1.31 bits per heavy atom. The van der Waals surface area contributed by atoms with Crippen molar-refractivity contribution < 1.29 is 9.53 Å². The highest BCUT2D eigenvalue weighted by Gasteiger charge is 2.09. The number of amides is 1. The van der Waals surface area contributed by atoms with Crippen molar-refractivity contribution >= 4 is 11.6 Å². The molecule has 16 heavy (non-hydrogen) atoms. The van der Waals surface area contributed by atoms with Gasteiger partial charge in [-0.1, -0.05) is 13.8 Å². The van der Waals surface area contributed by atoms with Crippen LogP contribution in [-0.4, -0.2) is 20.1 Å². The van der Waals surface area contributed by atoms with Crippen LogP contribution in [0.15, 0.2) is 24.3 Å². The summed E-state index contributed by atoms with van der Waals surface area (Å²) < 4.78 is 5.06. The molecule has 0 fully saturated rings. The number of nitrogens with one attached hydrogen (secondary N) is 1. The van der Waals surface area contributed by atoms with Crippen molar-refractivity contribution in [2.45, 2.75) is 13.8 Å². The van der Waals surface area contributed by atoms with Crippen molar-refractivity contribution in [3.63, 3.8) is 0 Å². The maximum atomic E-state index is 11.5. The van der Waals surface area contributed by atoms with Crippen LogP contribution in [0.4, 0.5) is 5.69 Å². The molecule has 1 aromatic carbocycles. The summed E-state index contributed by atoms with van der Waals surface area (Å²) >= 11 is 0. The van der Waals surface area contributed by atoms with E-state index in [1.165, 1.54) is 0 Å². The normalized spacial score (nSPS) is 10.1. The third kappa shape index (κ3) is 3.15. The maximum Gasteiger partial charge on any atom is 0.241 e. The van der Waals surface area contributed by atoms with Crippen LogP contribution in [0.1, 0.15) is 13.8 Å². The number of rotatable bonds is 4. The fourth-order valence-electron chi connectivity index (χ4n) is 1.16. The molecular formula is C12H18N2O2. The van der Waals surface area contributed by atoms with Gasteiger partial charge < -0.3 is 4.74 Å². The van der Waals surface area contributed by atoms with Crippen LogP contribution in [-0.2, 0) is 4.79 Å². The average molecular weight is 222 g/mol. The van der Waals surface area contributed by atoms with Crippen LogP contribution < -0.4 is 15.2 Å². The fourth-order valence-corrected chi connectivity index (χ4v) is 1.16. The van der Waals surface area contributed by atoms with Crippen molar-refractivity contribution in [2.24, 2.45) is 5.92 Å². The number of ether oxygens (including phenoxy) is 1. The minimum absolute atomic E-state index is 0.00156. The first-order chi connectivity index (χ1) is 7.54. The number of methoxy groups -OCH3 is 1. The Hall–Kier alpha value is -1.71. The fraction of sp³-hybridized carbons (Fsp3) is 0.417. The van der Waals surface area contributed by atoms with E-state index in [9.17, 15) is 4.79 Å². The first-order valence-corrected chi connectivity index (χ1v) is 5.23. The van der Waals surface area contributed by atoms with Gasteiger partial charge in [0.05, 0.1) is 12.8 Å². The van der Waals surface area contributed by atoms with Crippen molar-refractivity contribution in [3.05, 3.63) is 24.3 Å². The molecule has 0 bridgehead atoms. The van der Waals surface area contributed by atoms with Gasteiger partial charge in [-0.25, -0.2) is 0 Å². The van der Waals surface area contributed by atoms with Crippen LogP contribution in [0.25, 0.3) is 0 Å². The Bertz CT molecular complexity index is 347. The van der Waals surface area contributed by atoms with Crippen LogP contribution in [0.3, 0.4) is 0 Å². The van der Waals surface area contributed by atoms with Crippen molar-refractivity contribution in [1.29, 1.82) is 0 Å². The SMILES string of the molecule is COc1ccc(N(C)NC(=O)C(C)C)cc1. The molecule has 0 saturated carbocycles. The lowest BCUT2D eigenvalue weighted by Gasteiger charge is -2.21. The van der Waals surface area contributed by atoms with E-state index in [-0.39, 0.29) is 11.8 Å². The van der Waals surface area contributed by atoms with E-state index in [0.717, 1.165) is 11.4 Å². The first kappa shape index (κ1) is 12.4. The molecule has 4 nitrogen and oxygen atoms in total. The van der Waals surface area contributed by atoms with Crippen LogP contribution in [0, 0.1) is 5.92 Å². The zero-order valence-corrected chi connectivity index (χ0v) is 10.2. The van der Waals surface area contributed by atoms with E-state index in [1.807, 2.05) is 45.2 Å². The molecule has 1 aromatic rings. The monoisotopic (exact) mass is 222 g/mol. The summed E-state index contributed by atoms with van der Waals surface area (Å²) in [5.41, 5.74) is 3.70. The van der Waals surface area contributed by atoms with Gasteiger partial charge >= 0.3 is 0 Å². The second-order valence-corrected chi connectivity index (χ2v) is 3.89. The quantitative estimate of drug-likeness (QED) is 0.790. The van der Waals surface area contributed by atoms with Crippen LogP contribution in [0.5, 0.6) is 5.75 Å². The van der Waals surface area contributed by atoms with E-state index in [0.29, 0.717) is 0 Å². The number of carbonyl (C=O) groups is 1. The molecule has 0 spiro atoms. The highest BCUT2D eigenvalue weighted by molar-refractivity contribution is 5.79. The lowest BCUT2D eigenvalue weighted by Crippen LogP contribution is -2.41. The minimum Gasteiger partial charge on any atom is -0.497 e. The molecule has 0 unspecified atom stereocenters. The number of hydrazine groups is 1. The molecule has 0 aliphatic heterocycles. The van der Waals surface area contributed by atoms with E-state index in [4.69, 9.17) is 4.74 Å². The highest BCUT2D eigenvalue weighted by Crippen LogP contribution is 2.16. The molecule has 88 valence electrons. The standard InChI is InChI=1S/C12H18N2O2/c1-9(2)12(15)13-14(3)10-5-7-11(16-4)8-6-10/h5-9H,1-4H3,(H,13,15). The van der Waals surface area contributed by atoms with E-state index >= 15 is 0 Å². The van der Waals surface area contributed by atoms with Gasteiger partial charge in [-0.05, 0) is 24.3 Å². The summed E-state index contributed by atoms with van der Waals surface area (Å²) in [6, 6.07) is 7.49. The maximum absolute atomic E-state index is 11.5. The number of carbonyl (C=O) groups excluding carboxylic acids is 1. The Kier molecular flexibility index (Phi) is 4.17. The third-order valence-electron chi connectivity index (χ3n) is 2.26. The first-order valence-electron chi connectivity index (χ1n) is 5.23. The van der Waals surface area contributed by atoms with Gasteiger partial charge in [-0.2, -0.15) is 0 Å². The number of anilines is 1. The Labute approximate surface area is 96.2 Å². The molecule has 0 aliphatic carbocycles. The molecule has 1 rings (SSSR count). The molecule has 0 heterocycles. The Morgan fingerprint density at radius 2 is 1.88 bits per heavy atom. The lowest BCUT2D eigenvalue weighted by atomic mass is 10.2. The summed E-state index contributed by atoms with van der Waals surface area (Å²) in [5.74, 6) is 0.770. The van der Waals surface area contributed by atoms with Crippen LogP contribution in [0.2, 0.25) is 0 Å². The second-order valence-electron chi connectivity index (χ2n) is 3.89. The van der Waals surface area contributed by atoms with Crippen molar-refractivity contribution in [2.75, 3.05) is 19.2 Å². The molecular weight excluding hydrogens is 204 g/mol. The summed E-state index contributed by atoms with van der Waals surface area (Å²) in [4.78, 5) is 11.5. The molecule has 1 amide bonds. The van der Waals surface area contributed by atoms with Gasteiger partial charge in [0.15, 0.2) is 0 Å². The molecule has 0 saturated heterocycles. The van der Waals surface area contributed by atoms with Gasteiger partial charge in [-0.3, -0.25) is 15.2 Å². The molecule has 0 aromatic heterocycles. The summed E-state index contributed by atoms with van der Waals surface area (Å²) in [5, 5.41) is 1.70. The number of hydrogen-bond donors (Lipinski definition) is 1. The molecule has 0 aliphatic rings. The Morgan fingerprint density at radius 3 is 2.31 bits per heavy atom. The zero-order chi connectivity index (χ0) is 12.1. The number of nitrogens with zero attached hydrogens (tertiary/aromatic N) is 1. The van der Waals surface area contributed by atoms with E-state index < -0.39 is 0 Å². The van der Waals surface area contributed by atoms with Crippen molar-refractivity contribution in [1.82, 2.24) is 5.43 Å². The summed E-state index contributed by atoms with van der Waals surface area (Å²) in [6.07, 6.45) is 0. The predicted molar refractivity (Wildman–Crippen MR) is 64.4 cm³/mol. The predicted octanol–water partition coefficient (Wildman–Crippen LogP) is 1.82. The molecule has 0 atom stereocenters. The molecule has 4 heteroatoms. The van der Waals surface area contributed by atoms with Crippen molar-refractivity contribution in [3.8, 4) is 5.75 Å². The van der Waals surface area contributed by atoms with Gasteiger partial charge in [0.2, 0.25) is 5.91 Å². The van der Waals surface area contributed by atoms with Gasteiger partial charge in [0.1, 0.15) is 5.75 Å². The van der Waals surface area contributed by atoms with Gasteiger partial charge in [0, 0.05) is 13.0 Å². The van der Waals surface area contributed by atoms with Crippen LogP contribution >= 0.6 is 0 Å². The molecule has 0 radical (unpaired) electrons. The largest absolute Gasteiger partial charge is 0.497 e. The number of hydrogen-bond acceptors (Lipinski definition) is 3.